The minimum absolute atomic E-state index is 0.161. The summed E-state index contributed by atoms with van der Waals surface area (Å²) in [6.07, 6.45) is 4.39. The molecule has 0 aromatic carbocycles. The first kappa shape index (κ1) is 14.4. The molecular formula is C11H20N2O3S. The van der Waals surface area contributed by atoms with Gasteiger partial charge >= 0.3 is 0 Å². The summed E-state index contributed by atoms with van der Waals surface area (Å²) in [5.74, 6) is 0. The molecule has 2 unspecified atom stereocenters. The van der Waals surface area contributed by atoms with Gasteiger partial charge in [-0.15, -0.1) is 0 Å². The van der Waals surface area contributed by atoms with E-state index in [1.165, 1.54) is 0 Å². The molecule has 1 heterocycles. The predicted octanol–water partition coefficient (Wildman–Crippen LogP) is 1.17. The first-order valence-corrected chi connectivity index (χ1v) is 7.64. The van der Waals surface area contributed by atoms with Crippen LogP contribution in [0.25, 0.3) is 0 Å². The highest BCUT2D eigenvalue weighted by molar-refractivity contribution is 7.90. The van der Waals surface area contributed by atoms with Crippen molar-refractivity contribution in [3.63, 3.8) is 0 Å². The van der Waals surface area contributed by atoms with E-state index in [9.17, 15) is 8.42 Å². The van der Waals surface area contributed by atoms with Crippen LogP contribution < -0.4 is 4.72 Å². The van der Waals surface area contributed by atoms with Crippen LogP contribution in [0.3, 0.4) is 0 Å². The average molecular weight is 260 g/mol. The molecule has 0 spiro atoms. The zero-order chi connectivity index (χ0) is 12.7. The minimum Gasteiger partial charge on any atom is -0.378 e. The topological polar surface area (TPSA) is 79.2 Å². The number of nitrogens with zero attached hydrogens (tertiary/aromatic N) is 1. The maximum absolute atomic E-state index is 11.7. The molecule has 5 nitrogen and oxygen atoms in total. The summed E-state index contributed by atoms with van der Waals surface area (Å²) in [6, 6.07) is 1.80. The lowest BCUT2D eigenvalue weighted by molar-refractivity contribution is 0.0123. The SMILES string of the molecule is CCC(C#N)S(=O)(=O)NCCC1CCCCO1. The van der Waals surface area contributed by atoms with E-state index in [4.69, 9.17) is 10.00 Å². The van der Waals surface area contributed by atoms with Crippen LogP contribution in [0.2, 0.25) is 0 Å². The van der Waals surface area contributed by atoms with Gasteiger partial charge in [-0.2, -0.15) is 5.26 Å². The van der Waals surface area contributed by atoms with Crippen molar-refractivity contribution in [2.45, 2.75) is 50.4 Å². The van der Waals surface area contributed by atoms with Crippen molar-refractivity contribution in [1.82, 2.24) is 4.72 Å². The minimum atomic E-state index is -3.49. The third-order valence-corrected chi connectivity index (χ3v) is 4.73. The molecule has 0 aromatic rings. The van der Waals surface area contributed by atoms with Gasteiger partial charge in [-0.1, -0.05) is 6.92 Å². The molecule has 98 valence electrons. The van der Waals surface area contributed by atoms with E-state index in [1.54, 1.807) is 13.0 Å². The number of sulfonamides is 1. The third-order valence-electron chi connectivity index (χ3n) is 2.93. The summed E-state index contributed by atoms with van der Waals surface area (Å²) in [5.41, 5.74) is 0. The largest absolute Gasteiger partial charge is 0.378 e. The molecule has 2 atom stereocenters. The summed E-state index contributed by atoms with van der Waals surface area (Å²) in [4.78, 5) is 0. The van der Waals surface area contributed by atoms with Crippen LogP contribution in [0, 0.1) is 11.3 Å². The molecular weight excluding hydrogens is 240 g/mol. The number of hydrogen-bond acceptors (Lipinski definition) is 4. The average Bonchev–Trinajstić information content (AvgIpc) is 2.31. The van der Waals surface area contributed by atoms with Crippen molar-refractivity contribution >= 4 is 10.0 Å². The van der Waals surface area contributed by atoms with Crippen LogP contribution in [0.15, 0.2) is 0 Å². The van der Waals surface area contributed by atoms with E-state index in [0.29, 0.717) is 19.4 Å². The quantitative estimate of drug-likeness (QED) is 0.777. The molecule has 0 aliphatic carbocycles. The molecule has 1 fully saturated rings. The zero-order valence-corrected chi connectivity index (χ0v) is 11.0. The molecule has 1 rings (SSSR count). The Morgan fingerprint density at radius 1 is 1.53 bits per heavy atom. The monoisotopic (exact) mass is 260 g/mol. The maximum Gasteiger partial charge on any atom is 0.227 e. The smallest absolute Gasteiger partial charge is 0.227 e. The van der Waals surface area contributed by atoms with Crippen molar-refractivity contribution in [1.29, 1.82) is 5.26 Å². The summed E-state index contributed by atoms with van der Waals surface area (Å²) in [7, 11) is -3.49. The first-order chi connectivity index (χ1) is 8.10. The van der Waals surface area contributed by atoms with Crippen LogP contribution >= 0.6 is 0 Å². The summed E-state index contributed by atoms with van der Waals surface area (Å²) in [5, 5.41) is 7.77. The van der Waals surface area contributed by atoms with Crippen LogP contribution in [-0.4, -0.2) is 32.9 Å². The summed E-state index contributed by atoms with van der Waals surface area (Å²) < 4.78 is 31.3. The number of hydrogen-bond donors (Lipinski definition) is 1. The molecule has 1 saturated heterocycles. The second kappa shape index (κ2) is 6.94. The molecule has 0 saturated carbocycles. The summed E-state index contributed by atoms with van der Waals surface area (Å²) >= 11 is 0. The highest BCUT2D eigenvalue weighted by Crippen LogP contribution is 2.15. The summed E-state index contributed by atoms with van der Waals surface area (Å²) in [6.45, 7) is 2.82. The van der Waals surface area contributed by atoms with E-state index in [2.05, 4.69) is 4.72 Å². The standard InChI is InChI=1S/C11H20N2O3S/c1-2-11(9-12)17(14,15)13-7-6-10-5-3-4-8-16-10/h10-11,13H,2-8H2,1H3. The zero-order valence-electron chi connectivity index (χ0n) is 10.2. The molecule has 0 radical (unpaired) electrons. The van der Waals surface area contributed by atoms with Gasteiger partial charge in [0.1, 0.15) is 0 Å². The Bertz CT molecular complexity index is 355. The van der Waals surface area contributed by atoms with Crippen molar-refractivity contribution in [3.05, 3.63) is 0 Å². The highest BCUT2D eigenvalue weighted by Gasteiger charge is 2.23. The molecule has 0 aromatic heterocycles. The lowest BCUT2D eigenvalue weighted by atomic mass is 10.1. The Morgan fingerprint density at radius 3 is 2.82 bits per heavy atom. The van der Waals surface area contributed by atoms with E-state index in [-0.39, 0.29) is 6.10 Å². The molecule has 0 amide bonds. The van der Waals surface area contributed by atoms with Crippen molar-refractivity contribution in [2.24, 2.45) is 0 Å². The van der Waals surface area contributed by atoms with Gasteiger partial charge in [-0.05, 0) is 32.1 Å². The van der Waals surface area contributed by atoms with Crippen molar-refractivity contribution in [3.8, 4) is 6.07 Å². The normalized spacial score (nSPS) is 22.9. The molecule has 1 aliphatic heterocycles. The van der Waals surface area contributed by atoms with Gasteiger partial charge in [0.05, 0.1) is 12.2 Å². The second-order valence-electron chi connectivity index (χ2n) is 4.24. The molecule has 0 bridgehead atoms. The van der Waals surface area contributed by atoms with Gasteiger partial charge in [0.15, 0.2) is 5.25 Å². The van der Waals surface area contributed by atoms with E-state index < -0.39 is 15.3 Å². The van der Waals surface area contributed by atoms with Crippen molar-refractivity contribution < 1.29 is 13.2 Å². The van der Waals surface area contributed by atoms with Crippen molar-refractivity contribution in [2.75, 3.05) is 13.2 Å². The fraction of sp³-hybridized carbons (Fsp3) is 0.909. The number of nitriles is 1. The lowest BCUT2D eigenvalue weighted by Crippen LogP contribution is -2.35. The maximum atomic E-state index is 11.7. The van der Waals surface area contributed by atoms with E-state index in [1.807, 2.05) is 0 Å². The third kappa shape index (κ3) is 4.62. The van der Waals surface area contributed by atoms with Gasteiger partial charge in [-0.3, -0.25) is 0 Å². The Labute approximate surface area is 103 Å². The number of ether oxygens (including phenoxy) is 1. The van der Waals surface area contributed by atoms with Gasteiger partial charge in [0.2, 0.25) is 10.0 Å². The first-order valence-electron chi connectivity index (χ1n) is 6.10. The fourth-order valence-corrected chi connectivity index (χ4v) is 3.06. The van der Waals surface area contributed by atoms with Crippen LogP contribution in [0.5, 0.6) is 0 Å². The van der Waals surface area contributed by atoms with Crippen LogP contribution in [0.1, 0.15) is 39.0 Å². The molecule has 1 aliphatic rings. The van der Waals surface area contributed by atoms with Gasteiger partial charge < -0.3 is 4.74 Å². The molecule has 6 heteroatoms. The highest BCUT2D eigenvalue weighted by atomic mass is 32.2. The van der Waals surface area contributed by atoms with Gasteiger partial charge in [-0.25, -0.2) is 13.1 Å². The number of rotatable bonds is 6. The van der Waals surface area contributed by atoms with Gasteiger partial charge in [0.25, 0.3) is 0 Å². The Hall–Kier alpha value is -0.640. The Kier molecular flexibility index (Phi) is 5.89. The van der Waals surface area contributed by atoms with Crippen LogP contribution in [0.4, 0.5) is 0 Å². The Balaban J connectivity index is 2.32. The predicted molar refractivity (Wildman–Crippen MR) is 64.8 cm³/mol. The van der Waals surface area contributed by atoms with Crippen LogP contribution in [-0.2, 0) is 14.8 Å². The number of nitrogens with one attached hydrogen (secondary N) is 1. The van der Waals surface area contributed by atoms with E-state index >= 15 is 0 Å². The fourth-order valence-electron chi connectivity index (χ4n) is 1.88. The van der Waals surface area contributed by atoms with E-state index in [0.717, 1.165) is 25.9 Å². The van der Waals surface area contributed by atoms with Gasteiger partial charge in [0, 0.05) is 13.2 Å². The Morgan fingerprint density at radius 2 is 2.29 bits per heavy atom. The molecule has 17 heavy (non-hydrogen) atoms. The second-order valence-corrected chi connectivity index (χ2v) is 6.19. The lowest BCUT2D eigenvalue weighted by Gasteiger charge is -2.22. The molecule has 1 N–H and O–H groups in total.